The number of hydrogen-bond donors (Lipinski definition) is 2. The van der Waals surface area contributed by atoms with Crippen molar-refractivity contribution in [3.8, 4) is 11.1 Å². The van der Waals surface area contributed by atoms with E-state index in [0.717, 1.165) is 6.26 Å². The summed E-state index contributed by atoms with van der Waals surface area (Å²) >= 11 is 0. The molecule has 0 heterocycles. The monoisotopic (exact) mass is 276 g/mol. The molecule has 6 heteroatoms. The summed E-state index contributed by atoms with van der Waals surface area (Å²) in [5, 5.41) is 18.7. The average molecular weight is 276 g/mol. The number of rotatable bonds is 3. The van der Waals surface area contributed by atoms with Crippen molar-refractivity contribution in [2.24, 2.45) is 0 Å². The Morgan fingerprint density at radius 3 is 2.32 bits per heavy atom. The van der Waals surface area contributed by atoms with Gasteiger partial charge in [-0.3, -0.25) is 0 Å². The van der Waals surface area contributed by atoms with Gasteiger partial charge in [-0.05, 0) is 28.7 Å². The van der Waals surface area contributed by atoms with Gasteiger partial charge < -0.3 is 10.0 Å². The van der Waals surface area contributed by atoms with Crippen LogP contribution in [0, 0.1) is 0 Å². The molecule has 4 nitrogen and oxygen atoms in total. The van der Waals surface area contributed by atoms with Crippen LogP contribution in [0.15, 0.2) is 53.4 Å². The molecule has 0 aromatic heterocycles. The molecule has 0 saturated heterocycles. The molecule has 0 fully saturated rings. The molecule has 2 N–H and O–H groups in total. The van der Waals surface area contributed by atoms with Gasteiger partial charge >= 0.3 is 7.12 Å². The van der Waals surface area contributed by atoms with Crippen molar-refractivity contribution in [3.05, 3.63) is 48.5 Å². The van der Waals surface area contributed by atoms with E-state index in [1.807, 2.05) is 0 Å². The van der Waals surface area contributed by atoms with Crippen molar-refractivity contribution in [1.29, 1.82) is 0 Å². The lowest BCUT2D eigenvalue weighted by Gasteiger charge is -2.09. The molecule has 0 amide bonds. The smallest absolute Gasteiger partial charge is 0.423 e. The molecule has 0 saturated carbocycles. The topological polar surface area (TPSA) is 74.6 Å². The van der Waals surface area contributed by atoms with Gasteiger partial charge in [-0.1, -0.05) is 36.4 Å². The highest BCUT2D eigenvalue weighted by atomic mass is 32.2. The van der Waals surface area contributed by atoms with Gasteiger partial charge in [0, 0.05) is 6.26 Å². The van der Waals surface area contributed by atoms with E-state index in [0.29, 0.717) is 16.6 Å². The average Bonchev–Trinajstić information content (AvgIpc) is 2.38. The lowest BCUT2D eigenvalue weighted by atomic mass is 9.75. The van der Waals surface area contributed by atoms with Gasteiger partial charge in [0.05, 0.1) is 4.90 Å². The van der Waals surface area contributed by atoms with E-state index in [9.17, 15) is 18.5 Å². The summed E-state index contributed by atoms with van der Waals surface area (Å²) in [6.45, 7) is 0. The summed E-state index contributed by atoms with van der Waals surface area (Å²) in [6, 6.07) is 13.2. The van der Waals surface area contributed by atoms with Crippen LogP contribution in [0.25, 0.3) is 11.1 Å². The summed E-state index contributed by atoms with van der Waals surface area (Å²) in [5.74, 6) is 0. The highest BCUT2D eigenvalue weighted by Gasteiger charge is 2.17. The molecular formula is C13H13BO4S. The third kappa shape index (κ3) is 3.04. The summed E-state index contributed by atoms with van der Waals surface area (Å²) in [5.41, 5.74) is 1.57. The van der Waals surface area contributed by atoms with E-state index in [1.165, 1.54) is 12.1 Å². The van der Waals surface area contributed by atoms with Gasteiger partial charge in [0.25, 0.3) is 0 Å². The van der Waals surface area contributed by atoms with Gasteiger partial charge in [-0.25, -0.2) is 8.42 Å². The Bertz CT molecular complexity index is 695. The second-order valence-corrected chi connectivity index (χ2v) is 6.28. The number of benzene rings is 2. The zero-order valence-corrected chi connectivity index (χ0v) is 11.1. The fourth-order valence-electron chi connectivity index (χ4n) is 1.88. The van der Waals surface area contributed by atoms with E-state index >= 15 is 0 Å². The van der Waals surface area contributed by atoms with Gasteiger partial charge in [-0.2, -0.15) is 0 Å². The van der Waals surface area contributed by atoms with Gasteiger partial charge in [0.1, 0.15) is 0 Å². The minimum Gasteiger partial charge on any atom is -0.423 e. The molecule has 2 aromatic rings. The quantitative estimate of drug-likeness (QED) is 0.798. The van der Waals surface area contributed by atoms with Crippen LogP contribution in [0.3, 0.4) is 0 Å². The fraction of sp³-hybridized carbons (Fsp3) is 0.0769. The van der Waals surface area contributed by atoms with E-state index in [1.54, 1.807) is 36.4 Å². The lowest BCUT2D eigenvalue weighted by Crippen LogP contribution is -2.31. The Morgan fingerprint density at radius 2 is 1.68 bits per heavy atom. The summed E-state index contributed by atoms with van der Waals surface area (Å²) in [6.07, 6.45) is 1.14. The van der Waals surface area contributed by atoms with Crippen LogP contribution < -0.4 is 5.46 Å². The van der Waals surface area contributed by atoms with Crippen molar-refractivity contribution < 1.29 is 18.5 Å². The first-order valence-electron chi connectivity index (χ1n) is 5.65. The van der Waals surface area contributed by atoms with Gasteiger partial charge in [0.15, 0.2) is 9.84 Å². The molecule has 98 valence electrons. The number of sulfone groups is 1. The second kappa shape index (κ2) is 5.17. The van der Waals surface area contributed by atoms with E-state index in [2.05, 4.69) is 0 Å². The van der Waals surface area contributed by atoms with E-state index in [-0.39, 0.29) is 4.90 Å². The Hall–Kier alpha value is -1.63. The maximum absolute atomic E-state index is 11.5. The van der Waals surface area contributed by atoms with Crippen LogP contribution in [0.5, 0.6) is 0 Å². The minimum atomic E-state index is -3.29. The van der Waals surface area contributed by atoms with Crippen LogP contribution in [0.4, 0.5) is 0 Å². The molecule has 19 heavy (non-hydrogen) atoms. The first-order valence-corrected chi connectivity index (χ1v) is 7.54. The third-order valence-electron chi connectivity index (χ3n) is 2.81. The first-order chi connectivity index (χ1) is 8.89. The van der Waals surface area contributed by atoms with E-state index in [4.69, 9.17) is 0 Å². The van der Waals surface area contributed by atoms with Gasteiger partial charge in [-0.15, -0.1) is 0 Å². The normalized spacial score (nSPS) is 11.3. The first kappa shape index (κ1) is 13.8. The standard InChI is InChI=1S/C13H13BO4S/c1-19(17,18)11-6-4-5-10(9-11)12-7-2-3-8-13(12)14(15)16/h2-9,15-16H,1H3. The van der Waals surface area contributed by atoms with Crippen molar-refractivity contribution in [1.82, 2.24) is 0 Å². The highest BCUT2D eigenvalue weighted by molar-refractivity contribution is 7.90. The maximum atomic E-state index is 11.5. The van der Waals surface area contributed by atoms with Crippen LogP contribution in [0.2, 0.25) is 0 Å². The lowest BCUT2D eigenvalue weighted by molar-refractivity contribution is 0.426. The molecule has 0 aliphatic heterocycles. The van der Waals surface area contributed by atoms with Crippen molar-refractivity contribution in [2.45, 2.75) is 4.90 Å². The van der Waals surface area contributed by atoms with Crippen LogP contribution in [-0.4, -0.2) is 31.8 Å². The Morgan fingerprint density at radius 1 is 1.00 bits per heavy atom. The highest BCUT2D eigenvalue weighted by Crippen LogP contribution is 2.21. The summed E-state index contributed by atoms with van der Waals surface area (Å²) in [4.78, 5) is 0.201. The Labute approximate surface area is 112 Å². The molecule has 0 radical (unpaired) electrons. The SMILES string of the molecule is CS(=O)(=O)c1cccc(-c2ccccc2B(O)O)c1. The summed E-state index contributed by atoms with van der Waals surface area (Å²) in [7, 11) is -4.89. The number of hydrogen-bond acceptors (Lipinski definition) is 4. The van der Waals surface area contributed by atoms with Gasteiger partial charge in [0.2, 0.25) is 0 Å². The molecule has 2 rings (SSSR count). The molecule has 0 bridgehead atoms. The van der Waals surface area contributed by atoms with Crippen molar-refractivity contribution in [2.75, 3.05) is 6.26 Å². The van der Waals surface area contributed by atoms with Crippen molar-refractivity contribution in [3.63, 3.8) is 0 Å². The van der Waals surface area contributed by atoms with Crippen molar-refractivity contribution >= 4 is 22.4 Å². The maximum Gasteiger partial charge on any atom is 0.489 e. The molecule has 0 aliphatic carbocycles. The zero-order chi connectivity index (χ0) is 14.0. The Kier molecular flexibility index (Phi) is 3.75. The van der Waals surface area contributed by atoms with Crippen LogP contribution >= 0.6 is 0 Å². The molecule has 0 aliphatic rings. The van der Waals surface area contributed by atoms with Crippen LogP contribution in [-0.2, 0) is 9.84 Å². The zero-order valence-electron chi connectivity index (χ0n) is 10.3. The minimum absolute atomic E-state index is 0.201. The predicted octanol–water partition coefficient (Wildman–Crippen LogP) is 0.437. The third-order valence-corrected chi connectivity index (χ3v) is 3.92. The molecule has 0 unspecified atom stereocenters. The Balaban J connectivity index is 2.60. The fourth-order valence-corrected chi connectivity index (χ4v) is 2.55. The van der Waals surface area contributed by atoms with E-state index < -0.39 is 17.0 Å². The largest absolute Gasteiger partial charge is 0.489 e. The molecular weight excluding hydrogens is 263 g/mol. The molecule has 2 aromatic carbocycles. The predicted molar refractivity (Wildman–Crippen MR) is 74.8 cm³/mol. The second-order valence-electron chi connectivity index (χ2n) is 4.26. The molecule has 0 spiro atoms. The van der Waals surface area contributed by atoms with Crippen LogP contribution in [0.1, 0.15) is 0 Å². The molecule has 0 atom stereocenters. The summed E-state index contributed by atoms with van der Waals surface area (Å²) < 4.78 is 23.1.